The maximum absolute atomic E-state index is 13.2. The highest BCUT2D eigenvalue weighted by Crippen LogP contribution is 2.21. The molecule has 0 atom stereocenters. The van der Waals surface area contributed by atoms with Crippen molar-refractivity contribution in [2.45, 2.75) is 19.8 Å². The SMILES string of the molecule is CNc1nc(N2CCC(C)CC2)ncc1F. The number of anilines is 2. The summed E-state index contributed by atoms with van der Waals surface area (Å²) >= 11 is 0. The number of nitrogens with one attached hydrogen (secondary N) is 1. The average molecular weight is 224 g/mol. The first-order valence-electron chi connectivity index (χ1n) is 5.66. The molecule has 0 spiro atoms. The summed E-state index contributed by atoms with van der Waals surface area (Å²) in [7, 11) is 1.66. The topological polar surface area (TPSA) is 41.1 Å². The minimum absolute atomic E-state index is 0.267. The van der Waals surface area contributed by atoms with Crippen molar-refractivity contribution in [2.75, 3.05) is 30.4 Å². The van der Waals surface area contributed by atoms with Crippen molar-refractivity contribution in [2.24, 2.45) is 5.92 Å². The number of halogens is 1. The second kappa shape index (κ2) is 4.63. The summed E-state index contributed by atoms with van der Waals surface area (Å²) in [6.45, 7) is 4.16. The summed E-state index contributed by atoms with van der Waals surface area (Å²) in [5.41, 5.74) is 0. The molecule has 1 aliphatic heterocycles. The second-order valence-electron chi connectivity index (χ2n) is 4.29. The number of aromatic nitrogens is 2. The van der Waals surface area contributed by atoms with Crippen LogP contribution in [-0.2, 0) is 0 Å². The van der Waals surface area contributed by atoms with Gasteiger partial charge in [0, 0.05) is 20.1 Å². The Bertz CT molecular complexity index is 361. The first kappa shape index (κ1) is 11.1. The zero-order valence-corrected chi connectivity index (χ0v) is 9.70. The number of rotatable bonds is 2. The van der Waals surface area contributed by atoms with Gasteiger partial charge in [-0.3, -0.25) is 0 Å². The van der Waals surface area contributed by atoms with Gasteiger partial charge in [0.25, 0.3) is 0 Å². The van der Waals surface area contributed by atoms with E-state index in [2.05, 4.69) is 27.1 Å². The summed E-state index contributed by atoms with van der Waals surface area (Å²) in [4.78, 5) is 10.3. The van der Waals surface area contributed by atoms with Crippen LogP contribution >= 0.6 is 0 Å². The van der Waals surface area contributed by atoms with E-state index in [1.807, 2.05) is 0 Å². The molecule has 1 aromatic heterocycles. The van der Waals surface area contributed by atoms with E-state index in [0.29, 0.717) is 5.95 Å². The molecule has 0 bridgehead atoms. The van der Waals surface area contributed by atoms with Gasteiger partial charge >= 0.3 is 0 Å². The van der Waals surface area contributed by atoms with Crippen molar-refractivity contribution >= 4 is 11.8 Å². The van der Waals surface area contributed by atoms with E-state index in [-0.39, 0.29) is 5.82 Å². The van der Waals surface area contributed by atoms with Crippen molar-refractivity contribution in [3.63, 3.8) is 0 Å². The molecule has 16 heavy (non-hydrogen) atoms. The molecule has 2 rings (SSSR count). The molecular weight excluding hydrogens is 207 g/mol. The van der Waals surface area contributed by atoms with E-state index in [9.17, 15) is 4.39 Å². The lowest BCUT2D eigenvalue weighted by Gasteiger charge is -2.30. The molecule has 0 unspecified atom stereocenters. The number of nitrogens with zero attached hydrogens (tertiary/aromatic N) is 3. The minimum atomic E-state index is -0.406. The lowest BCUT2D eigenvalue weighted by Crippen LogP contribution is -2.34. The van der Waals surface area contributed by atoms with Gasteiger partial charge in [0.15, 0.2) is 11.6 Å². The van der Waals surface area contributed by atoms with Gasteiger partial charge in [0.1, 0.15) is 0 Å². The van der Waals surface area contributed by atoms with Crippen molar-refractivity contribution in [1.29, 1.82) is 0 Å². The highest BCUT2D eigenvalue weighted by Gasteiger charge is 2.18. The maximum Gasteiger partial charge on any atom is 0.227 e. The lowest BCUT2D eigenvalue weighted by molar-refractivity contribution is 0.434. The predicted molar refractivity (Wildman–Crippen MR) is 62.1 cm³/mol. The Morgan fingerprint density at radius 2 is 2.12 bits per heavy atom. The molecule has 0 aromatic carbocycles. The molecule has 1 aliphatic rings. The van der Waals surface area contributed by atoms with Crippen LogP contribution in [0.2, 0.25) is 0 Å². The Hall–Kier alpha value is -1.39. The second-order valence-corrected chi connectivity index (χ2v) is 4.29. The monoisotopic (exact) mass is 224 g/mol. The van der Waals surface area contributed by atoms with E-state index in [0.717, 1.165) is 31.8 Å². The van der Waals surface area contributed by atoms with E-state index < -0.39 is 5.82 Å². The van der Waals surface area contributed by atoms with Gasteiger partial charge in [-0.05, 0) is 18.8 Å². The molecule has 0 saturated carbocycles. The van der Waals surface area contributed by atoms with Crippen LogP contribution in [0.3, 0.4) is 0 Å². The molecular formula is C11H17FN4. The number of piperidine rings is 1. The molecule has 2 heterocycles. The maximum atomic E-state index is 13.2. The lowest BCUT2D eigenvalue weighted by atomic mass is 10.00. The molecule has 1 aromatic rings. The largest absolute Gasteiger partial charge is 0.371 e. The fourth-order valence-electron chi connectivity index (χ4n) is 1.89. The first-order valence-corrected chi connectivity index (χ1v) is 5.66. The highest BCUT2D eigenvalue weighted by atomic mass is 19.1. The summed E-state index contributed by atoms with van der Waals surface area (Å²) in [6.07, 6.45) is 3.53. The van der Waals surface area contributed by atoms with Crippen LogP contribution in [0.15, 0.2) is 6.20 Å². The van der Waals surface area contributed by atoms with Crippen molar-refractivity contribution in [1.82, 2.24) is 9.97 Å². The number of hydrogen-bond acceptors (Lipinski definition) is 4. The third-order valence-electron chi connectivity index (χ3n) is 3.03. The van der Waals surface area contributed by atoms with E-state index in [1.54, 1.807) is 7.05 Å². The molecule has 1 saturated heterocycles. The van der Waals surface area contributed by atoms with Crippen molar-refractivity contribution in [3.05, 3.63) is 12.0 Å². The normalized spacial score (nSPS) is 17.6. The molecule has 0 aliphatic carbocycles. The van der Waals surface area contributed by atoms with Crippen LogP contribution in [0.1, 0.15) is 19.8 Å². The summed E-state index contributed by atoms with van der Waals surface area (Å²) in [5.74, 6) is 1.25. The van der Waals surface area contributed by atoms with Gasteiger partial charge in [-0.2, -0.15) is 4.98 Å². The summed E-state index contributed by atoms with van der Waals surface area (Å²) in [6, 6.07) is 0. The summed E-state index contributed by atoms with van der Waals surface area (Å²) in [5, 5.41) is 2.73. The smallest absolute Gasteiger partial charge is 0.227 e. The highest BCUT2D eigenvalue weighted by molar-refractivity contribution is 5.42. The van der Waals surface area contributed by atoms with Gasteiger partial charge in [0.05, 0.1) is 6.20 Å². The molecule has 0 radical (unpaired) electrons. The molecule has 5 heteroatoms. The van der Waals surface area contributed by atoms with Gasteiger partial charge in [0.2, 0.25) is 5.95 Å². The van der Waals surface area contributed by atoms with Gasteiger partial charge in [-0.1, -0.05) is 6.92 Å². The number of hydrogen-bond donors (Lipinski definition) is 1. The third-order valence-corrected chi connectivity index (χ3v) is 3.03. The fourth-order valence-corrected chi connectivity index (χ4v) is 1.89. The van der Waals surface area contributed by atoms with Crippen LogP contribution in [0.5, 0.6) is 0 Å². The molecule has 4 nitrogen and oxygen atoms in total. The Morgan fingerprint density at radius 1 is 1.44 bits per heavy atom. The Balaban J connectivity index is 2.14. The van der Waals surface area contributed by atoms with Crippen molar-refractivity contribution in [3.8, 4) is 0 Å². The van der Waals surface area contributed by atoms with E-state index in [1.165, 1.54) is 6.20 Å². The first-order chi connectivity index (χ1) is 7.70. The molecule has 1 N–H and O–H groups in total. The molecule has 1 fully saturated rings. The minimum Gasteiger partial charge on any atom is -0.371 e. The Kier molecular flexibility index (Phi) is 3.22. The zero-order valence-electron chi connectivity index (χ0n) is 9.70. The van der Waals surface area contributed by atoms with Gasteiger partial charge in [-0.25, -0.2) is 9.37 Å². The fraction of sp³-hybridized carbons (Fsp3) is 0.636. The Morgan fingerprint density at radius 3 is 2.75 bits per heavy atom. The van der Waals surface area contributed by atoms with Crippen LogP contribution < -0.4 is 10.2 Å². The van der Waals surface area contributed by atoms with Crippen LogP contribution in [0.25, 0.3) is 0 Å². The predicted octanol–water partition coefficient (Wildman–Crippen LogP) is 1.89. The molecule has 0 amide bonds. The Labute approximate surface area is 94.9 Å². The average Bonchev–Trinajstić information content (AvgIpc) is 2.31. The molecule has 88 valence electrons. The van der Waals surface area contributed by atoms with Crippen LogP contribution in [-0.4, -0.2) is 30.1 Å². The van der Waals surface area contributed by atoms with E-state index in [4.69, 9.17) is 0 Å². The van der Waals surface area contributed by atoms with E-state index >= 15 is 0 Å². The quantitative estimate of drug-likeness (QED) is 0.833. The standard InChI is InChI=1S/C11H17FN4/c1-8-3-5-16(6-4-8)11-14-7-9(12)10(13-2)15-11/h7-8H,3-6H2,1-2H3,(H,13,14,15). The van der Waals surface area contributed by atoms with Crippen molar-refractivity contribution < 1.29 is 4.39 Å². The third kappa shape index (κ3) is 2.23. The van der Waals surface area contributed by atoms with Gasteiger partial charge < -0.3 is 10.2 Å². The summed E-state index contributed by atoms with van der Waals surface area (Å²) < 4.78 is 13.2. The van der Waals surface area contributed by atoms with Gasteiger partial charge in [-0.15, -0.1) is 0 Å². The van der Waals surface area contributed by atoms with Crippen LogP contribution in [0.4, 0.5) is 16.2 Å². The van der Waals surface area contributed by atoms with Crippen LogP contribution in [0, 0.1) is 11.7 Å². The zero-order chi connectivity index (χ0) is 11.5.